The molecular formula is C15H11N3O2. The van der Waals surface area contributed by atoms with Crippen LogP contribution in [0.4, 0.5) is 0 Å². The minimum atomic E-state index is 0.207. The van der Waals surface area contributed by atoms with Crippen LogP contribution >= 0.6 is 0 Å². The van der Waals surface area contributed by atoms with Crippen molar-refractivity contribution in [2.24, 2.45) is 0 Å². The van der Waals surface area contributed by atoms with E-state index in [4.69, 9.17) is 0 Å². The summed E-state index contributed by atoms with van der Waals surface area (Å²) >= 11 is 0. The highest BCUT2D eigenvalue weighted by Crippen LogP contribution is 2.17. The zero-order valence-electron chi connectivity index (χ0n) is 10.5. The fourth-order valence-electron chi connectivity index (χ4n) is 1.84. The highest BCUT2D eigenvalue weighted by molar-refractivity contribution is 5.76. The molecule has 5 nitrogen and oxygen atoms in total. The molecule has 1 N–H and O–H groups in total. The Labute approximate surface area is 115 Å². The maximum atomic E-state index is 10.6. The number of rotatable bonds is 3. The average Bonchev–Trinajstić information content (AvgIpc) is 2.98. The zero-order chi connectivity index (χ0) is 13.9. The molecule has 0 radical (unpaired) electrons. The lowest BCUT2D eigenvalue weighted by Crippen LogP contribution is -1.94. The molecule has 2 aromatic carbocycles. The van der Waals surface area contributed by atoms with Crippen LogP contribution in [0, 0.1) is 0 Å². The molecule has 3 rings (SSSR count). The van der Waals surface area contributed by atoms with E-state index < -0.39 is 0 Å². The van der Waals surface area contributed by atoms with E-state index >= 15 is 0 Å². The van der Waals surface area contributed by atoms with E-state index in [-0.39, 0.29) is 5.75 Å². The highest BCUT2D eigenvalue weighted by atomic mass is 16.3. The topological polar surface area (TPSA) is 68.0 Å². The molecule has 0 unspecified atom stereocenters. The van der Waals surface area contributed by atoms with Gasteiger partial charge in [0.15, 0.2) is 5.82 Å². The second-order valence-corrected chi connectivity index (χ2v) is 4.27. The van der Waals surface area contributed by atoms with Gasteiger partial charge in [-0.15, -0.1) is 5.10 Å². The Hall–Kier alpha value is -2.95. The van der Waals surface area contributed by atoms with Gasteiger partial charge < -0.3 is 5.11 Å². The Kier molecular flexibility index (Phi) is 3.01. The lowest BCUT2D eigenvalue weighted by atomic mass is 10.1. The Morgan fingerprint density at radius 2 is 1.70 bits per heavy atom. The monoisotopic (exact) mass is 265 g/mol. The molecule has 0 saturated carbocycles. The fraction of sp³-hybridized carbons (Fsp3) is 0. The van der Waals surface area contributed by atoms with Crippen LogP contribution in [0.1, 0.15) is 10.4 Å². The summed E-state index contributed by atoms with van der Waals surface area (Å²) in [7, 11) is 0. The predicted octanol–water partition coefficient (Wildman–Crippen LogP) is 2.45. The molecule has 3 aromatic rings. The van der Waals surface area contributed by atoms with Crippen molar-refractivity contribution in [3.05, 3.63) is 60.4 Å². The normalized spacial score (nSPS) is 10.4. The summed E-state index contributed by atoms with van der Waals surface area (Å²) in [5, 5.41) is 13.6. The Morgan fingerprint density at radius 1 is 1.00 bits per heavy atom. The van der Waals surface area contributed by atoms with Gasteiger partial charge in [-0.05, 0) is 24.3 Å². The number of aldehydes is 1. The van der Waals surface area contributed by atoms with Gasteiger partial charge in [-0.1, -0.05) is 24.3 Å². The van der Waals surface area contributed by atoms with Crippen LogP contribution in [0.25, 0.3) is 17.1 Å². The van der Waals surface area contributed by atoms with Gasteiger partial charge in [0.25, 0.3) is 0 Å². The van der Waals surface area contributed by atoms with Crippen LogP contribution < -0.4 is 0 Å². The molecule has 98 valence electrons. The van der Waals surface area contributed by atoms with E-state index in [2.05, 4.69) is 10.1 Å². The van der Waals surface area contributed by atoms with Crippen molar-refractivity contribution >= 4 is 6.29 Å². The first-order valence-electron chi connectivity index (χ1n) is 6.03. The van der Waals surface area contributed by atoms with Gasteiger partial charge in [-0.2, -0.15) is 0 Å². The van der Waals surface area contributed by atoms with Gasteiger partial charge in [0.1, 0.15) is 18.4 Å². The van der Waals surface area contributed by atoms with Gasteiger partial charge >= 0.3 is 0 Å². The molecule has 20 heavy (non-hydrogen) atoms. The molecule has 0 bridgehead atoms. The van der Waals surface area contributed by atoms with E-state index in [0.717, 1.165) is 17.5 Å². The van der Waals surface area contributed by atoms with Crippen molar-refractivity contribution in [3.63, 3.8) is 0 Å². The summed E-state index contributed by atoms with van der Waals surface area (Å²) in [6.45, 7) is 0. The van der Waals surface area contributed by atoms with Crippen LogP contribution in [0.2, 0.25) is 0 Å². The van der Waals surface area contributed by atoms with Crippen LogP contribution in [0.15, 0.2) is 54.9 Å². The summed E-state index contributed by atoms with van der Waals surface area (Å²) in [4.78, 5) is 14.9. The Bertz CT molecular complexity index is 731. The smallest absolute Gasteiger partial charge is 0.181 e. The van der Waals surface area contributed by atoms with Crippen LogP contribution in [-0.2, 0) is 0 Å². The van der Waals surface area contributed by atoms with E-state index in [1.807, 2.05) is 0 Å². The fourth-order valence-corrected chi connectivity index (χ4v) is 1.84. The third kappa shape index (κ3) is 2.29. The van der Waals surface area contributed by atoms with Crippen LogP contribution in [0.5, 0.6) is 5.75 Å². The number of phenols is 1. The van der Waals surface area contributed by atoms with Crippen molar-refractivity contribution < 1.29 is 9.90 Å². The second-order valence-electron chi connectivity index (χ2n) is 4.27. The molecule has 1 aromatic heterocycles. The molecule has 1 heterocycles. The number of carbonyl (C=O) groups excluding carboxylic acids is 1. The van der Waals surface area contributed by atoms with Gasteiger partial charge in [-0.3, -0.25) is 4.79 Å². The van der Waals surface area contributed by atoms with E-state index in [0.29, 0.717) is 11.4 Å². The Balaban J connectivity index is 1.92. The molecule has 0 fully saturated rings. The van der Waals surface area contributed by atoms with E-state index in [9.17, 15) is 9.90 Å². The third-order valence-electron chi connectivity index (χ3n) is 2.91. The lowest BCUT2D eigenvalue weighted by molar-refractivity contribution is 0.112. The van der Waals surface area contributed by atoms with Crippen LogP contribution in [0.3, 0.4) is 0 Å². The Morgan fingerprint density at radius 3 is 2.35 bits per heavy atom. The largest absolute Gasteiger partial charge is 0.508 e. The lowest BCUT2D eigenvalue weighted by Gasteiger charge is -2.00. The van der Waals surface area contributed by atoms with Gasteiger partial charge in [0.05, 0.1) is 5.69 Å². The van der Waals surface area contributed by atoms with Gasteiger partial charge in [-0.25, -0.2) is 9.67 Å². The second kappa shape index (κ2) is 4.97. The highest BCUT2D eigenvalue weighted by Gasteiger charge is 2.05. The van der Waals surface area contributed by atoms with Gasteiger partial charge in [0.2, 0.25) is 0 Å². The number of hydrogen-bond donors (Lipinski definition) is 1. The first kappa shape index (κ1) is 12.1. The molecule has 0 aliphatic heterocycles. The quantitative estimate of drug-likeness (QED) is 0.738. The predicted molar refractivity (Wildman–Crippen MR) is 73.8 cm³/mol. The number of aromatic hydroxyl groups is 1. The van der Waals surface area contributed by atoms with E-state index in [1.165, 1.54) is 0 Å². The molecule has 0 amide bonds. The van der Waals surface area contributed by atoms with Crippen LogP contribution in [-0.4, -0.2) is 26.2 Å². The molecule has 0 saturated heterocycles. The third-order valence-corrected chi connectivity index (χ3v) is 2.91. The van der Waals surface area contributed by atoms with Crippen molar-refractivity contribution in [1.82, 2.24) is 14.8 Å². The number of aromatic nitrogens is 3. The summed E-state index contributed by atoms with van der Waals surface area (Å²) in [6, 6.07) is 13.8. The number of carbonyl (C=O) groups is 1. The maximum absolute atomic E-state index is 10.6. The standard InChI is InChI=1S/C15H11N3O2/c19-9-11-1-3-12(4-2-11)15-16-10-18(17-15)13-5-7-14(20)8-6-13/h1-10,20H. The van der Waals surface area contributed by atoms with E-state index in [1.54, 1.807) is 59.5 Å². The first-order valence-corrected chi connectivity index (χ1v) is 6.03. The van der Waals surface area contributed by atoms with Crippen molar-refractivity contribution in [3.8, 4) is 22.8 Å². The molecular weight excluding hydrogens is 254 g/mol. The summed E-state index contributed by atoms with van der Waals surface area (Å²) in [5.41, 5.74) is 2.27. The van der Waals surface area contributed by atoms with Crippen molar-refractivity contribution in [1.29, 1.82) is 0 Å². The number of benzene rings is 2. The number of phenolic OH excluding ortho intramolecular Hbond substituents is 1. The summed E-state index contributed by atoms with van der Waals surface area (Å²) in [5.74, 6) is 0.786. The molecule has 5 heteroatoms. The molecule has 0 atom stereocenters. The SMILES string of the molecule is O=Cc1ccc(-c2ncn(-c3ccc(O)cc3)n2)cc1. The summed E-state index contributed by atoms with van der Waals surface area (Å²) in [6.07, 6.45) is 2.40. The maximum Gasteiger partial charge on any atom is 0.181 e. The molecule has 0 aliphatic carbocycles. The number of nitrogens with zero attached hydrogens (tertiary/aromatic N) is 3. The van der Waals surface area contributed by atoms with Crippen molar-refractivity contribution in [2.45, 2.75) is 0 Å². The zero-order valence-corrected chi connectivity index (χ0v) is 10.5. The van der Waals surface area contributed by atoms with Crippen molar-refractivity contribution in [2.75, 3.05) is 0 Å². The first-order chi connectivity index (χ1) is 9.76. The average molecular weight is 265 g/mol. The van der Waals surface area contributed by atoms with Gasteiger partial charge in [0, 0.05) is 11.1 Å². The summed E-state index contributed by atoms with van der Waals surface area (Å²) < 4.78 is 1.63. The molecule has 0 spiro atoms. The minimum Gasteiger partial charge on any atom is -0.508 e. The molecule has 0 aliphatic rings. The minimum absolute atomic E-state index is 0.207. The number of hydrogen-bond acceptors (Lipinski definition) is 4.